The zero-order valence-electron chi connectivity index (χ0n) is 9.09. The van der Waals surface area contributed by atoms with E-state index in [0.29, 0.717) is 16.1 Å². The number of esters is 1. The number of carbonyl (C=O) groups is 1. The minimum absolute atomic E-state index is 0.0680. The Morgan fingerprint density at radius 1 is 1.62 bits per heavy atom. The molecule has 0 aliphatic carbocycles. The fourth-order valence-electron chi connectivity index (χ4n) is 1.32. The fraction of sp³-hybridized carbons (Fsp3) is 0.364. The summed E-state index contributed by atoms with van der Waals surface area (Å²) in [6, 6.07) is 1.93. The molecule has 88 valence electrons. The van der Waals surface area contributed by atoms with E-state index in [1.54, 1.807) is 6.92 Å². The maximum absolute atomic E-state index is 13.5. The molecule has 16 heavy (non-hydrogen) atoms. The third-order valence-electron chi connectivity index (χ3n) is 2.27. The van der Waals surface area contributed by atoms with Gasteiger partial charge in [-0.2, -0.15) is 0 Å². The van der Waals surface area contributed by atoms with Crippen molar-refractivity contribution in [2.45, 2.75) is 19.4 Å². The van der Waals surface area contributed by atoms with Crippen molar-refractivity contribution in [1.29, 1.82) is 0 Å². The number of methoxy groups -OCH3 is 1. The summed E-state index contributed by atoms with van der Waals surface area (Å²) in [5.41, 5.74) is 6.49. The van der Waals surface area contributed by atoms with Gasteiger partial charge in [0.25, 0.3) is 0 Å². The van der Waals surface area contributed by atoms with E-state index in [2.05, 4.69) is 4.74 Å². The van der Waals surface area contributed by atoms with Crippen LogP contribution in [0.1, 0.15) is 11.1 Å². The van der Waals surface area contributed by atoms with Crippen LogP contribution >= 0.6 is 11.6 Å². The molecular weight excluding hydrogens is 233 g/mol. The number of ether oxygens (including phenoxy) is 1. The summed E-state index contributed by atoms with van der Waals surface area (Å²) in [5, 5.41) is 0.452. The monoisotopic (exact) mass is 245 g/mol. The van der Waals surface area contributed by atoms with Crippen LogP contribution in [0.4, 0.5) is 4.39 Å². The summed E-state index contributed by atoms with van der Waals surface area (Å²) in [6.45, 7) is 1.70. The minimum atomic E-state index is -0.877. The van der Waals surface area contributed by atoms with Crippen LogP contribution in [0.15, 0.2) is 12.1 Å². The zero-order chi connectivity index (χ0) is 12.3. The second kappa shape index (κ2) is 5.27. The number of nitrogens with two attached hydrogens (primary N) is 1. The summed E-state index contributed by atoms with van der Waals surface area (Å²) in [4.78, 5) is 11.1. The molecule has 0 aliphatic rings. The summed E-state index contributed by atoms with van der Waals surface area (Å²) in [6.07, 6.45) is 0.0680. The number of carbonyl (C=O) groups excluding carboxylic acids is 1. The normalized spacial score (nSPS) is 12.3. The van der Waals surface area contributed by atoms with Gasteiger partial charge < -0.3 is 10.5 Å². The SMILES string of the molecule is COC(=O)[C@@H](N)Cc1cc(Cl)c(C)cc1F. The van der Waals surface area contributed by atoms with E-state index in [9.17, 15) is 9.18 Å². The molecule has 0 fully saturated rings. The lowest BCUT2D eigenvalue weighted by Gasteiger charge is -2.11. The van der Waals surface area contributed by atoms with Gasteiger partial charge in [0.15, 0.2) is 0 Å². The Bertz CT molecular complexity index is 409. The third kappa shape index (κ3) is 2.93. The van der Waals surface area contributed by atoms with Gasteiger partial charge in [0.05, 0.1) is 7.11 Å². The molecule has 5 heteroatoms. The van der Waals surface area contributed by atoms with Crippen LogP contribution in [0.3, 0.4) is 0 Å². The highest BCUT2D eigenvalue weighted by Crippen LogP contribution is 2.20. The van der Waals surface area contributed by atoms with E-state index < -0.39 is 17.8 Å². The standard InChI is InChI=1S/C11H13ClFNO2/c1-6-3-9(13)7(4-8(6)12)5-10(14)11(15)16-2/h3-4,10H,5,14H2,1-2H3/t10-/m0/s1. The fourth-order valence-corrected chi connectivity index (χ4v) is 1.50. The summed E-state index contributed by atoms with van der Waals surface area (Å²) >= 11 is 5.86. The number of benzene rings is 1. The number of halogens is 2. The Labute approximate surface area is 98.3 Å². The van der Waals surface area contributed by atoms with E-state index in [1.807, 2.05) is 0 Å². The first-order chi connectivity index (χ1) is 7.45. The Kier molecular flexibility index (Phi) is 4.26. The van der Waals surface area contributed by atoms with Gasteiger partial charge in [-0.15, -0.1) is 0 Å². The van der Waals surface area contributed by atoms with Crippen molar-refractivity contribution in [1.82, 2.24) is 0 Å². The molecule has 0 amide bonds. The summed E-state index contributed by atoms with van der Waals surface area (Å²) in [7, 11) is 1.24. The maximum atomic E-state index is 13.5. The predicted molar refractivity (Wildman–Crippen MR) is 59.8 cm³/mol. The van der Waals surface area contributed by atoms with Crippen LogP contribution < -0.4 is 5.73 Å². The van der Waals surface area contributed by atoms with E-state index in [1.165, 1.54) is 19.2 Å². The molecule has 0 aliphatic heterocycles. The van der Waals surface area contributed by atoms with E-state index >= 15 is 0 Å². The Hall–Kier alpha value is -1.13. The number of hydrogen-bond acceptors (Lipinski definition) is 3. The van der Waals surface area contributed by atoms with E-state index in [0.717, 1.165) is 0 Å². The predicted octanol–water partition coefficient (Wildman–Crippen LogP) is 1.83. The molecule has 3 nitrogen and oxygen atoms in total. The molecule has 0 spiro atoms. The highest BCUT2D eigenvalue weighted by molar-refractivity contribution is 6.31. The first-order valence-electron chi connectivity index (χ1n) is 4.73. The maximum Gasteiger partial charge on any atom is 0.322 e. The van der Waals surface area contributed by atoms with E-state index in [4.69, 9.17) is 17.3 Å². The molecule has 0 unspecified atom stereocenters. The van der Waals surface area contributed by atoms with Crippen molar-refractivity contribution in [2.24, 2.45) is 5.73 Å². The lowest BCUT2D eigenvalue weighted by Crippen LogP contribution is -2.33. The highest BCUT2D eigenvalue weighted by Gasteiger charge is 2.17. The van der Waals surface area contributed by atoms with Crippen molar-refractivity contribution < 1.29 is 13.9 Å². The molecular formula is C11H13ClFNO2. The van der Waals surface area contributed by atoms with Gasteiger partial charge in [0.1, 0.15) is 11.9 Å². The van der Waals surface area contributed by atoms with Crippen LogP contribution in [0.5, 0.6) is 0 Å². The molecule has 0 aromatic heterocycles. The van der Waals surface area contributed by atoms with Crippen molar-refractivity contribution in [2.75, 3.05) is 7.11 Å². The lowest BCUT2D eigenvalue weighted by atomic mass is 10.0. The topological polar surface area (TPSA) is 52.3 Å². The van der Waals surface area contributed by atoms with Crippen LogP contribution in [0.25, 0.3) is 0 Å². The van der Waals surface area contributed by atoms with Gasteiger partial charge >= 0.3 is 5.97 Å². The Morgan fingerprint density at radius 2 is 2.25 bits per heavy atom. The molecule has 0 radical (unpaired) electrons. The molecule has 0 saturated heterocycles. The van der Waals surface area contributed by atoms with Gasteiger partial charge in [-0.05, 0) is 30.2 Å². The molecule has 0 heterocycles. The quantitative estimate of drug-likeness (QED) is 0.827. The largest absolute Gasteiger partial charge is 0.468 e. The van der Waals surface area contributed by atoms with Crippen LogP contribution in [-0.2, 0) is 16.0 Å². The molecule has 1 rings (SSSR count). The molecule has 0 saturated carbocycles. The van der Waals surface area contributed by atoms with Crippen LogP contribution in [0, 0.1) is 12.7 Å². The molecule has 1 aromatic rings. The highest BCUT2D eigenvalue weighted by atomic mass is 35.5. The van der Waals surface area contributed by atoms with E-state index in [-0.39, 0.29) is 6.42 Å². The third-order valence-corrected chi connectivity index (χ3v) is 2.68. The van der Waals surface area contributed by atoms with Crippen molar-refractivity contribution in [3.8, 4) is 0 Å². The number of rotatable bonds is 3. The molecule has 0 bridgehead atoms. The lowest BCUT2D eigenvalue weighted by molar-refractivity contribution is -0.142. The van der Waals surface area contributed by atoms with Gasteiger partial charge in [0.2, 0.25) is 0 Å². The first kappa shape index (κ1) is 12.9. The smallest absolute Gasteiger partial charge is 0.322 e. The average Bonchev–Trinajstić information content (AvgIpc) is 2.24. The molecule has 1 aromatic carbocycles. The number of hydrogen-bond donors (Lipinski definition) is 1. The van der Waals surface area contributed by atoms with Crippen molar-refractivity contribution in [3.05, 3.63) is 34.1 Å². The minimum Gasteiger partial charge on any atom is -0.468 e. The van der Waals surface area contributed by atoms with Gasteiger partial charge in [0, 0.05) is 11.4 Å². The summed E-state index contributed by atoms with van der Waals surface area (Å²) < 4.78 is 18.0. The van der Waals surface area contributed by atoms with Gasteiger partial charge in [-0.3, -0.25) is 4.79 Å². The second-order valence-electron chi connectivity index (χ2n) is 3.53. The van der Waals surface area contributed by atoms with Crippen LogP contribution in [0.2, 0.25) is 5.02 Å². The van der Waals surface area contributed by atoms with Gasteiger partial charge in [-0.1, -0.05) is 11.6 Å². The molecule has 2 N–H and O–H groups in total. The van der Waals surface area contributed by atoms with Crippen molar-refractivity contribution in [3.63, 3.8) is 0 Å². The second-order valence-corrected chi connectivity index (χ2v) is 3.93. The molecule has 1 atom stereocenters. The Morgan fingerprint density at radius 3 is 2.81 bits per heavy atom. The average molecular weight is 246 g/mol. The number of aryl methyl sites for hydroxylation is 1. The summed E-state index contributed by atoms with van der Waals surface area (Å²) in [5.74, 6) is -0.989. The Balaban J connectivity index is 2.89. The van der Waals surface area contributed by atoms with Crippen molar-refractivity contribution >= 4 is 17.6 Å². The van der Waals surface area contributed by atoms with Crippen LogP contribution in [-0.4, -0.2) is 19.1 Å². The first-order valence-corrected chi connectivity index (χ1v) is 5.11. The van der Waals surface area contributed by atoms with Gasteiger partial charge in [-0.25, -0.2) is 4.39 Å². The zero-order valence-corrected chi connectivity index (χ0v) is 9.84.